The second-order valence-electron chi connectivity index (χ2n) is 7.18. The minimum Gasteiger partial charge on any atom is -0.379 e. The predicted octanol–water partition coefficient (Wildman–Crippen LogP) is 2.42. The fourth-order valence-electron chi connectivity index (χ4n) is 3.33. The maximum absolute atomic E-state index is 6.06. The summed E-state index contributed by atoms with van der Waals surface area (Å²) in [5.74, 6) is -0.699. The molecule has 0 bridgehead atoms. The summed E-state index contributed by atoms with van der Waals surface area (Å²) < 4.78 is 35.7. The standard InChI is InChI=1S/C16H27ClO6/c1-15(2)20-11-10(9-18-8-6-5-7-17)19-14-13(12(11)21-15)22-16(3,4)23-14/h10-14H,5-9H2,1-4H3/t10?,11-,12?,13?,14+/m0/s1. The second kappa shape index (κ2) is 6.75. The van der Waals surface area contributed by atoms with Crippen LogP contribution in [0.5, 0.6) is 0 Å². The number of halogens is 1. The lowest BCUT2D eigenvalue weighted by Gasteiger charge is -2.37. The first kappa shape index (κ1) is 17.9. The zero-order chi connectivity index (χ0) is 16.7. The molecule has 0 radical (unpaired) electrons. The Bertz CT molecular complexity index is 415. The molecule has 5 atom stereocenters. The van der Waals surface area contributed by atoms with Crippen LogP contribution >= 0.6 is 11.6 Å². The van der Waals surface area contributed by atoms with E-state index in [1.807, 2.05) is 27.7 Å². The van der Waals surface area contributed by atoms with E-state index in [4.69, 9.17) is 40.0 Å². The van der Waals surface area contributed by atoms with Crippen LogP contribution in [0.3, 0.4) is 0 Å². The van der Waals surface area contributed by atoms with Gasteiger partial charge in [-0.3, -0.25) is 0 Å². The number of rotatable bonds is 6. The van der Waals surface area contributed by atoms with Crippen molar-refractivity contribution in [2.45, 2.75) is 82.8 Å². The molecule has 3 aliphatic heterocycles. The molecule has 7 heteroatoms. The lowest BCUT2D eigenvalue weighted by Crippen LogP contribution is -2.56. The van der Waals surface area contributed by atoms with Gasteiger partial charge >= 0.3 is 0 Å². The second-order valence-corrected chi connectivity index (χ2v) is 7.56. The highest BCUT2D eigenvalue weighted by molar-refractivity contribution is 6.17. The van der Waals surface area contributed by atoms with Gasteiger partial charge in [0.1, 0.15) is 24.4 Å². The molecule has 3 saturated heterocycles. The molecule has 0 spiro atoms. The van der Waals surface area contributed by atoms with Crippen molar-refractivity contribution in [3.8, 4) is 0 Å². The normalized spacial score (nSPS) is 40.8. The van der Waals surface area contributed by atoms with E-state index in [1.165, 1.54) is 0 Å². The Labute approximate surface area is 142 Å². The van der Waals surface area contributed by atoms with Crippen molar-refractivity contribution >= 4 is 11.6 Å². The molecule has 0 amide bonds. The summed E-state index contributed by atoms with van der Waals surface area (Å²) >= 11 is 5.67. The van der Waals surface area contributed by atoms with E-state index in [1.54, 1.807) is 0 Å². The highest BCUT2D eigenvalue weighted by Gasteiger charge is 2.60. The highest BCUT2D eigenvalue weighted by atomic mass is 35.5. The molecular weight excluding hydrogens is 324 g/mol. The lowest BCUT2D eigenvalue weighted by atomic mass is 9.99. The summed E-state index contributed by atoms with van der Waals surface area (Å²) in [7, 11) is 0. The molecule has 23 heavy (non-hydrogen) atoms. The summed E-state index contributed by atoms with van der Waals surface area (Å²) in [6.07, 6.45) is 0.452. The van der Waals surface area contributed by atoms with Gasteiger partial charge in [0.15, 0.2) is 17.9 Å². The van der Waals surface area contributed by atoms with Crippen LogP contribution in [0.1, 0.15) is 40.5 Å². The fraction of sp³-hybridized carbons (Fsp3) is 1.00. The van der Waals surface area contributed by atoms with Crippen molar-refractivity contribution in [1.82, 2.24) is 0 Å². The molecule has 0 aliphatic carbocycles. The molecule has 6 nitrogen and oxygen atoms in total. The van der Waals surface area contributed by atoms with E-state index in [2.05, 4.69) is 0 Å². The lowest BCUT2D eigenvalue weighted by molar-refractivity contribution is -0.243. The van der Waals surface area contributed by atoms with Crippen LogP contribution in [0.15, 0.2) is 0 Å². The maximum Gasteiger partial charge on any atom is 0.190 e. The van der Waals surface area contributed by atoms with Crippen molar-refractivity contribution in [3.05, 3.63) is 0 Å². The van der Waals surface area contributed by atoms with Crippen LogP contribution in [-0.2, 0) is 28.4 Å². The number of alkyl halides is 1. The van der Waals surface area contributed by atoms with Gasteiger partial charge in [-0.25, -0.2) is 0 Å². The van der Waals surface area contributed by atoms with Gasteiger partial charge in [-0.15, -0.1) is 11.6 Å². The molecule has 3 rings (SSSR count). The number of unbranched alkanes of at least 4 members (excludes halogenated alkanes) is 1. The summed E-state index contributed by atoms with van der Waals surface area (Å²) in [6, 6.07) is 0. The molecule has 0 aromatic heterocycles. The third kappa shape index (κ3) is 4.00. The number of ether oxygens (including phenoxy) is 6. The number of fused-ring (bicyclic) bond motifs is 3. The average molecular weight is 351 g/mol. The van der Waals surface area contributed by atoms with Crippen molar-refractivity contribution in [2.75, 3.05) is 19.1 Å². The van der Waals surface area contributed by atoms with Crippen molar-refractivity contribution in [1.29, 1.82) is 0 Å². The van der Waals surface area contributed by atoms with E-state index in [-0.39, 0.29) is 24.4 Å². The first-order chi connectivity index (χ1) is 10.8. The van der Waals surface area contributed by atoms with Crippen molar-refractivity contribution in [3.63, 3.8) is 0 Å². The van der Waals surface area contributed by atoms with Crippen molar-refractivity contribution in [2.24, 2.45) is 0 Å². The Hall–Kier alpha value is 0.0500. The van der Waals surface area contributed by atoms with Crippen LogP contribution < -0.4 is 0 Å². The van der Waals surface area contributed by atoms with E-state index in [9.17, 15) is 0 Å². The fourth-order valence-corrected chi connectivity index (χ4v) is 3.51. The van der Waals surface area contributed by atoms with E-state index in [0.29, 0.717) is 19.1 Å². The van der Waals surface area contributed by atoms with Crippen LogP contribution in [-0.4, -0.2) is 61.4 Å². The minimum atomic E-state index is -0.688. The Balaban J connectivity index is 1.64. The van der Waals surface area contributed by atoms with E-state index in [0.717, 1.165) is 12.8 Å². The summed E-state index contributed by atoms with van der Waals surface area (Å²) in [5.41, 5.74) is 0. The SMILES string of the molecule is CC1(C)OC2C3OC(C)(C)O[C@H]3C(COCCCCCl)O[C@@H]2O1. The summed E-state index contributed by atoms with van der Waals surface area (Å²) in [5, 5.41) is 0. The predicted molar refractivity (Wildman–Crippen MR) is 83.3 cm³/mol. The van der Waals surface area contributed by atoms with E-state index < -0.39 is 17.9 Å². The van der Waals surface area contributed by atoms with Crippen molar-refractivity contribution < 1.29 is 28.4 Å². The Morgan fingerprint density at radius 2 is 1.52 bits per heavy atom. The van der Waals surface area contributed by atoms with Gasteiger partial charge in [-0.05, 0) is 40.5 Å². The van der Waals surface area contributed by atoms with Gasteiger partial charge in [0.25, 0.3) is 0 Å². The highest BCUT2D eigenvalue weighted by Crippen LogP contribution is 2.44. The first-order valence-corrected chi connectivity index (χ1v) is 8.85. The monoisotopic (exact) mass is 350 g/mol. The van der Waals surface area contributed by atoms with E-state index >= 15 is 0 Å². The molecule has 3 aliphatic rings. The van der Waals surface area contributed by atoms with Crippen LogP contribution in [0.2, 0.25) is 0 Å². The largest absolute Gasteiger partial charge is 0.379 e. The smallest absolute Gasteiger partial charge is 0.190 e. The molecular formula is C16H27ClO6. The van der Waals surface area contributed by atoms with Gasteiger partial charge in [-0.2, -0.15) is 0 Å². The summed E-state index contributed by atoms with van der Waals surface area (Å²) in [4.78, 5) is 0. The molecule has 134 valence electrons. The quantitative estimate of drug-likeness (QED) is 0.541. The average Bonchev–Trinajstić information content (AvgIpc) is 2.93. The number of hydrogen-bond donors (Lipinski definition) is 0. The Kier molecular flexibility index (Phi) is 5.24. The van der Waals surface area contributed by atoms with Gasteiger partial charge in [0.05, 0.1) is 6.61 Å². The third-order valence-corrected chi connectivity index (χ3v) is 4.47. The molecule has 3 unspecified atom stereocenters. The van der Waals surface area contributed by atoms with Crippen LogP contribution in [0, 0.1) is 0 Å². The molecule has 0 N–H and O–H groups in total. The van der Waals surface area contributed by atoms with Crippen LogP contribution in [0.4, 0.5) is 0 Å². The maximum atomic E-state index is 6.06. The topological polar surface area (TPSA) is 55.4 Å². The zero-order valence-corrected chi connectivity index (χ0v) is 15.0. The first-order valence-electron chi connectivity index (χ1n) is 8.32. The third-order valence-electron chi connectivity index (χ3n) is 4.21. The Morgan fingerprint density at radius 1 is 0.870 bits per heavy atom. The van der Waals surface area contributed by atoms with Crippen LogP contribution in [0.25, 0.3) is 0 Å². The molecule has 0 aromatic rings. The zero-order valence-electron chi connectivity index (χ0n) is 14.2. The minimum absolute atomic E-state index is 0.220. The number of hydrogen-bond acceptors (Lipinski definition) is 6. The van der Waals surface area contributed by atoms with Gasteiger partial charge in [-0.1, -0.05) is 0 Å². The van der Waals surface area contributed by atoms with Gasteiger partial charge in [0, 0.05) is 12.5 Å². The molecule has 3 heterocycles. The molecule has 3 fully saturated rings. The summed E-state index contributed by atoms with van der Waals surface area (Å²) in [6.45, 7) is 8.66. The van der Waals surface area contributed by atoms with Gasteiger partial charge < -0.3 is 28.4 Å². The Morgan fingerprint density at radius 3 is 2.26 bits per heavy atom. The van der Waals surface area contributed by atoms with Gasteiger partial charge in [0.2, 0.25) is 0 Å². The molecule has 0 aromatic carbocycles. The molecule has 0 saturated carbocycles.